The van der Waals surface area contributed by atoms with Crippen LogP contribution in [0.25, 0.3) is 0 Å². The first-order valence-corrected chi connectivity index (χ1v) is 17.6. The van der Waals surface area contributed by atoms with Crippen molar-refractivity contribution in [2.45, 2.75) is 76.7 Å². The van der Waals surface area contributed by atoms with Gasteiger partial charge in [0.1, 0.15) is 30.3 Å². The molecular weight excluding hydrogens is 690 g/mol. The minimum Gasteiger partial charge on any atom is -0.490 e. The van der Waals surface area contributed by atoms with Gasteiger partial charge < -0.3 is 19.5 Å². The molecule has 4 amide bonds. The number of nitrogens with zero attached hydrogens (tertiary/aromatic N) is 3. The Morgan fingerprint density at radius 3 is 2.24 bits per heavy atom. The molecule has 14 heteroatoms. The Kier molecular flexibility index (Phi) is 9.67. The third-order valence-electron chi connectivity index (χ3n) is 9.92. The zero-order chi connectivity index (χ0) is 38.1. The van der Waals surface area contributed by atoms with E-state index in [4.69, 9.17) is 25.0 Å². The molecule has 7 rings (SSSR count). The number of hydrogen-bond donors (Lipinski definition) is 4. The van der Waals surface area contributed by atoms with Crippen molar-refractivity contribution in [1.29, 1.82) is 10.8 Å². The number of benzene rings is 3. The quantitative estimate of drug-likeness (QED) is 0.0911. The van der Waals surface area contributed by atoms with Gasteiger partial charge in [0.25, 0.3) is 17.7 Å². The summed E-state index contributed by atoms with van der Waals surface area (Å²) in [5, 5.41) is 20.9. The monoisotopic (exact) mass is 729 g/mol. The van der Waals surface area contributed by atoms with Gasteiger partial charge in [-0.15, -0.1) is 0 Å². The Hall–Kier alpha value is -6.44. The van der Waals surface area contributed by atoms with Crippen LogP contribution in [0, 0.1) is 10.8 Å². The Balaban J connectivity index is 0.892. The Morgan fingerprint density at radius 1 is 0.907 bits per heavy atom. The summed E-state index contributed by atoms with van der Waals surface area (Å²) in [5.41, 5.74) is 3.71. The van der Waals surface area contributed by atoms with Crippen LogP contribution in [0.1, 0.15) is 89.8 Å². The molecule has 4 aromatic rings. The number of hydrogen-bond acceptors (Lipinski definition) is 12. The van der Waals surface area contributed by atoms with Gasteiger partial charge >= 0.3 is 0 Å². The largest absolute Gasteiger partial charge is 0.490 e. The van der Waals surface area contributed by atoms with E-state index in [0.717, 1.165) is 34.6 Å². The van der Waals surface area contributed by atoms with Crippen molar-refractivity contribution >= 4 is 41.1 Å². The highest BCUT2D eigenvalue weighted by molar-refractivity contribution is 6.23. The minimum atomic E-state index is -0.995. The van der Waals surface area contributed by atoms with E-state index in [0.29, 0.717) is 17.1 Å². The lowest BCUT2D eigenvalue weighted by atomic mass is 9.78. The number of anilines is 1. The number of rotatable bonds is 11. The van der Waals surface area contributed by atoms with Crippen molar-refractivity contribution < 1.29 is 33.4 Å². The fraction of sp³-hybridized carbons (Fsp3) is 0.300. The van der Waals surface area contributed by atoms with Crippen LogP contribution in [0.3, 0.4) is 0 Å². The highest BCUT2D eigenvalue weighted by Crippen LogP contribution is 2.36. The number of carbonyl (C=O) groups excluding carboxylic acids is 4. The van der Waals surface area contributed by atoms with E-state index in [9.17, 15) is 19.2 Å². The minimum absolute atomic E-state index is 0.0231. The van der Waals surface area contributed by atoms with E-state index in [1.807, 2.05) is 36.4 Å². The van der Waals surface area contributed by atoms with Crippen LogP contribution in [-0.2, 0) is 26.3 Å². The lowest BCUT2D eigenvalue weighted by molar-refractivity contribution is -0.136. The van der Waals surface area contributed by atoms with Gasteiger partial charge in [-0.25, -0.2) is 9.97 Å². The number of nitrogens with one attached hydrogen (secondary N) is 4. The molecule has 1 aromatic heterocycles. The molecule has 276 valence electrons. The first-order valence-electron chi connectivity index (χ1n) is 17.6. The molecule has 1 aliphatic carbocycles. The lowest BCUT2D eigenvalue weighted by Crippen LogP contribution is -2.54. The fourth-order valence-electron chi connectivity index (χ4n) is 6.80. The molecular formula is C40H39N7O7. The van der Waals surface area contributed by atoms with E-state index in [1.54, 1.807) is 24.3 Å². The van der Waals surface area contributed by atoms with Crippen molar-refractivity contribution in [3.63, 3.8) is 0 Å². The van der Waals surface area contributed by atoms with Crippen LogP contribution in [0.5, 0.6) is 11.5 Å². The van der Waals surface area contributed by atoms with E-state index in [1.165, 1.54) is 13.1 Å². The zero-order valence-corrected chi connectivity index (χ0v) is 30.0. The van der Waals surface area contributed by atoms with Gasteiger partial charge in [-0.1, -0.05) is 38.1 Å². The normalized spacial score (nSPS) is 19.4. The van der Waals surface area contributed by atoms with Crippen molar-refractivity contribution in [3.05, 3.63) is 113 Å². The van der Waals surface area contributed by atoms with Crippen LogP contribution < -0.4 is 20.1 Å². The molecule has 1 saturated heterocycles. The van der Waals surface area contributed by atoms with Gasteiger partial charge in [-0.05, 0) is 66.1 Å². The average molecular weight is 730 g/mol. The molecule has 1 saturated carbocycles. The summed E-state index contributed by atoms with van der Waals surface area (Å²) < 4.78 is 17.2. The van der Waals surface area contributed by atoms with Crippen molar-refractivity contribution in [3.8, 4) is 11.5 Å². The van der Waals surface area contributed by atoms with Gasteiger partial charge in [-0.3, -0.25) is 40.2 Å². The van der Waals surface area contributed by atoms with Crippen LogP contribution >= 0.6 is 0 Å². The summed E-state index contributed by atoms with van der Waals surface area (Å²) in [6.07, 6.45) is 3.25. The number of fused-ring (bicyclic) bond motifs is 1. The molecule has 0 spiro atoms. The van der Waals surface area contributed by atoms with Crippen LogP contribution in [0.15, 0.2) is 79.0 Å². The molecule has 2 aliphatic heterocycles. The second kappa shape index (κ2) is 14.5. The third kappa shape index (κ3) is 7.40. The molecule has 3 aromatic carbocycles. The molecule has 1 atom stereocenters. The summed E-state index contributed by atoms with van der Waals surface area (Å²) in [6, 6.07) is 21.9. The second-order valence-electron chi connectivity index (χ2n) is 14.1. The highest BCUT2D eigenvalue weighted by Gasteiger charge is 2.45. The summed E-state index contributed by atoms with van der Waals surface area (Å²) in [6.45, 7) is 5.93. The summed E-state index contributed by atoms with van der Waals surface area (Å²) >= 11 is 0. The zero-order valence-electron chi connectivity index (χ0n) is 30.0. The van der Waals surface area contributed by atoms with E-state index in [2.05, 4.69) is 46.6 Å². The van der Waals surface area contributed by atoms with Crippen LogP contribution in [0.4, 0.5) is 5.69 Å². The maximum atomic E-state index is 13.2. The summed E-state index contributed by atoms with van der Waals surface area (Å²) in [4.78, 5) is 59.4. The summed E-state index contributed by atoms with van der Waals surface area (Å²) in [7, 11) is 0. The molecule has 3 heterocycles. The number of amides is 4. The molecule has 3 aliphatic rings. The van der Waals surface area contributed by atoms with Crippen molar-refractivity contribution in [2.75, 3.05) is 5.32 Å². The maximum absolute atomic E-state index is 13.2. The van der Waals surface area contributed by atoms with Crippen LogP contribution in [-0.4, -0.2) is 68.5 Å². The Bertz CT molecular complexity index is 2160. The highest BCUT2D eigenvalue weighted by atomic mass is 16.5. The predicted molar refractivity (Wildman–Crippen MR) is 197 cm³/mol. The smallest absolute Gasteiger partial charge is 0.262 e. The topological polar surface area (TPSA) is 197 Å². The molecule has 0 bridgehead atoms. The lowest BCUT2D eigenvalue weighted by Gasteiger charge is -2.36. The second-order valence-corrected chi connectivity index (χ2v) is 14.1. The van der Waals surface area contributed by atoms with Gasteiger partial charge in [0.15, 0.2) is 5.90 Å². The van der Waals surface area contributed by atoms with Crippen molar-refractivity contribution in [1.82, 2.24) is 20.2 Å². The average Bonchev–Trinajstić information content (AvgIpc) is 3.38. The number of piperidine rings is 1. The molecule has 2 fully saturated rings. The maximum Gasteiger partial charge on any atom is 0.262 e. The van der Waals surface area contributed by atoms with Gasteiger partial charge in [0.2, 0.25) is 17.6 Å². The third-order valence-corrected chi connectivity index (χ3v) is 9.92. The standard InChI is InChI=1S/C40H39N7O7/c1-22(41)53-35(42)36-43-17-16-26(45-36)21-52-28-9-4-23(5-10-28)40(2,3)24-6-11-29(12-7-24)54-30-18-27(19-30)44-25-8-13-31-32(20-25)39(51)47(38(31)50)33-14-15-34(48)46-37(33)49/h4-13,16-17,20,27,30,33,41-42,44H,14-15,18-19,21H2,1-3H3,(H,46,48,49). The molecule has 0 radical (unpaired) electrons. The number of imide groups is 2. The van der Waals surface area contributed by atoms with Crippen LogP contribution in [0.2, 0.25) is 0 Å². The molecule has 14 nitrogen and oxygen atoms in total. The Labute approximate surface area is 311 Å². The Morgan fingerprint density at radius 2 is 1.57 bits per heavy atom. The predicted octanol–water partition coefficient (Wildman–Crippen LogP) is 5.14. The van der Waals surface area contributed by atoms with Gasteiger partial charge in [0, 0.05) is 49.5 Å². The molecule has 1 unspecified atom stereocenters. The number of carbonyl (C=O) groups is 4. The molecule has 54 heavy (non-hydrogen) atoms. The van der Waals surface area contributed by atoms with E-state index >= 15 is 0 Å². The first kappa shape index (κ1) is 35.9. The van der Waals surface area contributed by atoms with Gasteiger partial charge in [-0.2, -0.15) is 0 Å². The SMILES string of the molecule is CC(=N)OC(=N)c1nccc(COc2ccc(C(C)(C)c3ccc(OC4CC(Nc5ccc6c(c5)C(=O)N(C5CCC(=O)NC5=O)C6=O)C4)cc3)cc2)n1. The first-order chi connectivity index (χ1) is 25.8. The van der Waals surface area contributed by atoms with Gasteiger partial charge in [0.05, 0.1) is 16.8 Å². The van der Waals surface area contributed by atoms with Crippen molar-refractivity contribution in [2.24, 2.45) is 0 Å². The van der Waals surface area contributed by atoms with E-state index in [-0.39, 0.29) is 65.8 Å². The fourth-order valence-corrected chi connectivity index (χ4v) is 6.80. The van der Waals surface area contributed by atoms with E-state index < -0.39 is 29.7 Å². The number of ether oxygens (including phenoxy) is 3. The molecule has 4 N–H and O–H groups in total. The summed E-state index contributed by atoms with van der Waals surface area (Å²) in [5.74, 6) is -0.973. The number of aromatic nitrogens is 2.